The van der Waals surface area contributed by atoms with Crippen molar-refractivity contribution in [2.45, 2.75) is 6.43 Å². The standard InChI is InChI=1S/C5H2Br2F2N2/c6-3-1-2(4(8)9)10-5(7)11-3/h1,4H. The van der Waals surface area contributed by atoms with Crippen molar-refractivity contribution in [3.8, 4) is 0 Å². The summed E-state index contributed by atoms with van der Waals surface area (Å²) in [4.78, 5) is 7.16. The summed E-state index contributed by atoms with van der Waals surface area (Å²) in [6.07, 6.45) is -2.56. The summed E-state index contributed by atoms with van der Waals surface area (Å²) >= 11 is 5.86. The summed E-state index contributed by atoms with van der Waals surface area (Å²) in [7, 11) is 0. The van der Waals surface area contributed by atoms with Crippen LogP contribution in [0.2, 0.25) is 0 Å². The number of rotatable bonds is 1. The molecular formula is C5H2Br2F2N2. The van der Waals surface area contributed by atoms with E-state index in [2.05, 4.69) is 41.8 Å². The van der Waals surface area contributed by atoms with Crippen LogP contribution in [0.4, 0.5) is 8.78 Å². The van der Waals surface area contributed by atoms with E-state index >= 15 is 0 Å². The van der Waals surface area contributed by atoms with Crippen molar-refractivity contribution in [2.24, 2.45) is 0 Å². The van der Waals surface area contributed by atoms with Crippen LogP contribution in [0.15, 0.2) is 15.4 Å². The maximum atomic E-state index is 12.0. The lowest BCUT2D eigenvalue weighted by Crippen LogP contribution is -1.93. The van der Waals surface area contributed by atoms with Crippen LogP contribution in [-0.4, -0.2) is 9.97 Å². The van der Waals surface area contributed by atoms with Gasteiger partial charge in [-0.1, -0.05) is 0 Å². The van der Waals surface area contributed by atoms with Crippen LogP contribution in [-0.2, 0) is 0 Å². The Labute approximate surface area is 78.3 Å². The van der Waals surface area contributed by atoms with Crippen molar-refractivity contribution in [1.29, 1.82) is 0 Å². The van der Waals surface area contributed by atoms with Crippen molar-refractivity contribution in [3.63, 3.8) is 0 Å². The second-order valence-electron chi connectivity index (χ2n) is 1.69. The Bertz CT molecular complexity index is 246. The third-order valence-corrected chi connectivity index (χ3v) is 1.67. The monoisotopic (exact) mass is 286 g/mol. The molecule has 0 unspecified atom stereocenters. The number of nitrogens with zero attached hydrogens (tertiary/aromatic N) is 2. The summed E-state index contributed by atoms with van der Waals surface area (Å²) in [5, 5.41) is 0. The topological polar surface area (TPSA) is 25.8 Å². The fourth-order valence-electron chi connectivity index (χ4n) is 0.518. The Hall–Kier alpha value is -0.100. The molecule has 0 aliphatic carbocycles. The summed E-state index contributed by atoms with van der Waals surface area (Å²) in [5.74, 6) is 0. The zero-order chi connectivity index (χ0) is 8.43. The van der Waals surface area contributed by atoms with Crippen LogP contribution in [0.5, 0.6) is 0 Å². The zero-order valence-electron chi connectivity index (χ0n) is 5.06. The maximum Gasteiger partial charge on any atom is 0.280 e. The molecule has 0 saturated heterocycles. The minimum Gasteiger partial charge on any atom is -0.221 e. The molecule has 0 radical (unpaired) electrons. The summed E-state index contributed by atoms with van der Waals surface area (Å²) in [6, 6.07) is 1.18. The minimum atomic E-state index is -2.56. The first-order valence-corrected chi connectivity index (χ1v) is 4.16. The average Bonchev–Trinajstić information content (AvgIpc) is 1.85. The van der Waals surface area contributed by atoms with Crippen molar-refractivity contribution in [2.75, 3.05) is 0 Å². The van der Waals surface area contributed by atoms with Crippen molar-refractivity contribution < 1.29 is 8.78 Å². The summed E-state index contributed by atoms with van der Waals surface area (Å²) in [5.41, 5.74) is -0.293. The third-order valence-electron chi connectivity index (χ3n) is 0.911. The zero-order valence-corrected chi connectivity index (χ0v) is 8.23. The number of aromatic nitrogens is 2. The summed E-state index contributed by atoms with van der Waals surface area (Å²) in [6.45, 7) is 0. The maximum absolute atomic E-state index is 12.0. The molecule has 0 aromatic carbocycles. The first-order chi connectivity index (χ1) is 5.09. The highest BCUT2D eigenvalue weighted by Gasteiger charge is 2.10. The fraction of sp³-hybridized carbons (Fsp3) is 0.200. The van der Waals surface area contributed by atoms with Gasteiger partial charge in [-0.3, -0.25) is 0 Å². The van der Waals surface area contributed by atoms with E-state index in [1.807, 2.05) is 0 Å². The van der Waals surface area contributed by atoms with Crippen LogP contribution < -0.4 is 0 Å². The van der Waals surface area contributed by atoms with Crippen LogP contribution in [0.25, 0.3) is 0 Å². The molecule has 6 heteroatoms. The molecule has 1 heterocycles. The molecule has 1 aromatic rings. The Balaban J connectivity index is 3.08. The Morgan fingerprint density at radius 3 is 2.36 bits per heavy atom. The lowest BCUT2D eigenvalue weighted by molar-refractivity contribution is 0.145. The van der Waals surface area contributed by atoms with Crippen LogP contribution in [0.3, 0.4) is 0 Å². The quantitative estimate of drug-likeness (QED) is 0.586. The van der Waals surface area contributed by atoms with E-state index in [4.69, 9.17) is 0 Å². The fourth-order valence-corrected chi connectivity index (χ4v) is 1.55. The van der Waals surface area contributed by atoms with Gasteiger partial charge in [-0.15, -0.1) is 0 Å². The molecule has 0 aliphatic rings. The van der Waals surface area contributed by atoms with E-state index in [0.717, 1.165) is 0 Å². The van der Waals surface area contributed by atoms with Crippen molar-refractivity contribution in [3.05, 3.63) is 21.1 Å². The van der Waals surface area contributed by atoms with Gasteiger partial charge in [0, 0.05) is 0 Å². The Morgan fingerprint density at radius 2 is 1.91 bits per heavy atom. The van der Waals surface area contributed by atoms with Gasteiger partial charge in [0.15, 0.2) is 4.73 Å². The molecule has 0 bridgehead atoms. The number of halogens is 4. The molecule has 0 atom stereocenters. The highest BCUT2D eigenvalue weighted by atomic mass is 79.9. The van der Waals surface area contributed by atoms with Crippen LogP contribution in [0, 0.1) is 0 Å². The smallest absolute Gasteiger partial charge is 0.221 e. The molecular weight excluding hydrogens is 286 g/mol. The van der Waals surface area contributed by atoms with Crippen molar-refractivity contribution in [1.82, 2.24) is 9.97 Å². The lowest BCUT2D eigenvalue weighted by Gasteiger charge is -1.98. The van der Waals surface area contributed by atoms with Gasteiger partial charge in [-0.25, -0.2) is 18.7 Å². The molecule has 0 aliphatic heterocycles. The minimum absolute atomic E-state index is 0.155. The molecule has 0 N–H and O–H groups in total. The molecule has 60 valence electrons. The number of hydrogen-bond acceptors (Lipinski definition) is 2. The molecule has 0 fully saturated rings. The summed E-state index contributed by atoms with van der Waals surface area (Å²) < 4.78 is 24.5. The lowest BCUT2D eigenvalue weighted by atomic mass is 10.4. The second kappa shape index (κ2) is 3.53. The number of alkyl halides is 2. The van der Waals surface area contributed by atoms with Gasteiger partial charge < -0.3 is 0 Å². The van der Waals surface area contributed by atoms with Gasteiger partial charge in [0.25, 0.3) is 6.43 Å². The first kappa shape index (κ1) is 8.99. The van der Waals surface area contributed by atoms with E-state index in [9.17, 15) is 8.78 Å². The van der Waals surface area contributed by atoms with Gasteiger partial charge >= 0.3 is 0 Å². The van der Waals surface area contributed by atoms with Gasteiger partial charge in [-0.05, 0) is 37.9 Å². The molecule has 1 aromatic heterocycles. The van der Waals surface area contributed by atoms with E-state index < -0.39 is 6.43 Å². The first-order valence-electron chi connectivity index (χ1n) is 2.57. The normalized spacial score (nSPS) is 10.6. The number of hydrogen-bond donors (Lipinski definition) is 0. The molecule has 11 heavy (non-hydrogen) atoms. The molecule has 1 rings (SSSR count). The van der Waals surface area contributed by atoms with Gasteiger partial charge in [-0.2, -0.15) is 0 Å². The molecule has 2 nitrogen and oxygen atoms in total. The van der Waals surface area contributed by atoms with E-state index in [-0.39, 0.29) is 10.4 Å². The largest absolute Gasteiger partial charge is 0.280 e. The molecule has 0 saturated carbocycles. The second-order valence-corrected chi connectivity index (χ2v) is 3.21. The molecule has 0 spiro atoms. The van der Waals surface area contributed by atoms with Crippen LogP contribution in [0.1, 0.15) is 12.1 Å². The Morgan fingerprint density at radius 1 is 1.27 bits per heavy atom. The highest BCUT2D eigenvalue weighted by Crippen LogP contribution is 2.20. The SMILES string of the molecule is FC(F)c1cc(Br)nc(Br)n1. The van der Waals surface area contributed by atoms with Crippen LogP contribution >= 0.6 is 31.9 Å². The average molecular weight is 288 g/mol. The van der Waals surface area contributed by atoms with Gasteiger partial charge in [0.1, 0.15) is 10.3 Å². The highest BCUT2D eigenvalue weighted by molar-refractivity contribution is 9.11. The predicted octanol–water partition coefficient (Wildman–Crippen LogP) is 2.94. The van der Waals surface area contributed by atoms with E-state index in [1.54, 1.807) is 0 Å². The van der Waals surface area contributed by atoms with Crippen molar-refractivity contribution >= 4 is 31.9 Å². The predicted molar refractivity (Wildman–Crippen MR) is 42.4 cm³/mol. The van der Waals surface area contributed by atoms with Gasteiger partial charge in [0.05, 0.1) is 0 Å². The Kier molecular flexibility index (Phi) is 2.89. The van der Waals surface area contributed by atoms with E-state index in [1.165, 1.54) is 6.07 Å². The van der Waals surface area contributed by atoms with Gasteiger partial charge in [0.2, 0.25) is 0 Å². The third kappa shape index (κ3) is 2.44. The van der Waals surface area contributed by atoms with E-state index in [0.29, 0.717) is 4.60 Å². The molecule has 0 amide bonds.